The highest BCUT2D eigenvalue weighted by molar-refractivity contribution is 6.23. The van der Waals surface area contributed by atoms with E-state index in [1.165, 1.54) is 0 Å². The number of methoxy groups -OCH3 is 2. The molecule has 0 bridgehead atoms. The molecule has 1 unspecified atom stereocenters. The summed E-state index contributed by atoms with van der Waals surface area (Å²) in [4.78, 5) is 77.9. The van der Waals surface area contributed by atoms with Gasteiger partial charge in [-0.15, -0.1) is 0 Å². The molecule has 4 aromatic rings. The van der Waals surface area contributed by atoms with E-state index in [2.05, 4.69) is 26.7 Å². The van der Waals surface area contributed by atoms with Gasteiger partial charge in [-0.25, -0.2) is 4.98 Å². The number of ether oxygens (including phenoxy) is 3. The van der Waals surface area contributed by atoms with Gasteiger partial charge in [-0.05, 0) is 112 Å². The van der Waals surface area contributed by atoms with Gasteiger partial charge in [0.25, 0.3) is 17.4 Å². The van der Waals surface area contributed by atoms with Crippen molar-refractivity contribution in [3.63, 3.8) is 0 Å². The van der Waals surface area contributed by atoms with Crippen LogP contribution in [-0.2, 0) is 23.2 Å². The Balaban J connectivity index is 0.778. The second kappa shape index (κ2) is 16.5. The number of aromatic nitrogens is 2. The summed E-state index contributed by atoms with van der Waals surface area (Å²) < 4.78 is 19.9. The van der Waals surface area contributed by atoms with E-state index in [0.29, 0.717) is 47.7 Å². The van der Waals surface area contributed by atoms with E-state index in [9.17, 15) is 24.0 Å². The number of pyridine rings is 2. The van der Waals surface area contributed by atoms with Crippen molar-refractivity contribution in [1.29, 1.82) is 0 Å². The van der Waals surface area contributed by atoms with Gasteiger partial charge < -0.3 is 33.9 Å². The lowest BCUT2D eigenvalue weighted by molar-refractivity contribution is -0.142. The highest BCUT2D eigenvalue weighted by atomic mass is 16.5. The van der Waals surface area contributed by atoms with Gasteiger partial charge in [-0.2, -0.15) is 0 Å². The Morgan fingerprint density at radius 2 is 1.57 bits per heavy atom. The molecule has 3 saturated heterocycles. The molecule has 1 spiro atoms. The maximum Gasteiger partial charge on any atom is 0.262 e. The fraction of sp³-hybridized carbons (Fsp3) is 0.458. The molecule has 4 amide bonds. The first kappa shape index (κ1) is 42.1. The number of carbonyl (C=O) groups is 4. The molecule has 5 aliphatic rings. The number of rotatable bonds is 10. The molecule has 9 rings (SSSR count). The van der Waals surface area contributed by atoms with Crippen molar-refractivity contribution in [3.8, 4) is 28.4 Å². The number of aryl methyl sites for hydroxylation is 1. The highest BCUT2D eigenvalue weighted by Gasteiger charge is 2.49. The molecule has 15 heteroatoms. The maximum atomic E-state index is 13.8. The van der Waals surface area contributed by atoms with Crippen LogP contribution in [-0.4, -0.2) is 115 Å². The predicted molar refractivity (Wildman–Crippen MR) is 237 cm³/mol. The van der Waals surface area contributed by atoms with Gasteiger partial charge in [-0.3, -0.25) is 33.8 Å². The summed E-state index contributed by atoms with van der Waals surface area (Å²) >= 11 is 0. The minimum absolute atomic E-state index is 0.0104. The zero-order valence-corrected chi connectivity index (χ0v) is 36.7. The lowest BCUT2D eigenvalue weighted by atomic mass is 9.61. The number of nitrogens with one attached hydrogen (secondary N) is 1. The van der Waals surface area contributed by atoms with Crippen LogP contribution in [0, 0.1) is 11.3 Å². The number of allylic oxidation sites excluding steroid dienone is 1. The Kier molecular flexibility index (Phi) is 11.0. The fourth-order valence-electron chi connectivity index (χ4n) is 10.3. The molecule has 1 atom stereocenters. The number of hydrogen-bond donors (Lipinski definition) is 1. The van der Waals surface area contributed by atoms with Crippen LogP contribution >= 0.6 is 0 Å². The smallest absolute Gasteiger partial charge is 0.262 e. The number of carbonyl (C=O) groups excluding carboxylic acids is 4. The summed E-state index contributed by atoms with van der Waals surface area (Å²) in [6, 6.07) is 10.1. The molecule has 6 heterocycles. The number of amides is 4. The van der Waals surface area contributed by atoms with Gasteiger partial charge in [0.15, 0.2) is 0 Å². The van der Waals surface area contributed by atoms with Crippen molar-refractivity contribution in [3.05, 3.63) is 88.1 Å². The third-order valence-corrected chi connectivity index (χ3v) is 14.0. The Labute approximate surface area is 366 Å². The molecule has 4 aliphatic heterocycles. The Bertz CT molecular complexity index is 2570. The van der Waals surface area contributed by atoms with E-state index in [0.717, 1.165) is 97.5 Å². The molecular formula is C48H55N7O8. The molecular weight excluding hydrogens is 803 g/mol. The number of piperidine rings is 3. The summed E-state index contributed by atoms with van der Waals surface area (Å²) in [5.41, 5.74) is 3.83. The normalized spacial score (nSPS) is 20.5. The average Bonchev–Trinajstić information content (AvgIpc) is 3.51. The molecule has 1 saturated carbocycles. The first-order valence-electron chi connectivity index (χ1n) is 21.9. The van der Waals surface area contributed by atoms with Gasteiger partial charge in [-0.1, -0.05) is 6.58 Å². The molecule has 4 fully saturated rings. The van der Waals surface area contributed by atoms with Crippen molar-refractivity contribution in [1.82, 2.24) is 29.6 Å². The number of anilines is 1. The van der Waals surface area contributed by atoms with E-state index in [4.69, 9.17) is 14.2 Å². The molecule has 15 nitrogen and oxygen atoms in total. The Morgan fingerprint density at radius 1 is 0.889 bits per heavy atom. The summed E-state index contributed by atoms with van der Waals surface area (Å²) in [5, 5.41) is 4.00. The summed E-state index contributed by atoms with van der Waals surface area (Å²) in [7, 11) is 8.90. The van der Waals surface area contributed by atoms with Crippen molar-refractivity contribution >= 4 is 40.2 Å². The standard InChI is InChI=1S/C48H55N7O8/c1-28-7-10-39(43(56)50-28)55-46(59)33-9-8-31(21-35(33)47(55)60)63-32-23-48(24-32)13-17-54(18-14-48)44(57)29-11-15-53(16-12-29)27-38-40(61-5)19-30(20-41(38)62-6)37-26-52(4)45(58)36-25-49-42(51(2)3)22-34(36)37/h8-9,19-22,25-26,29,32,39H,1,7,10-18,23-24,27H2,2-6H3,(H,50,56). The highest BCUT2D eigenvalue weighted by Crippen LogP contribution is 2.51. The van der Waals surface area contributed by atoms with Gasteiger partial charge in [0.2, 0.25) is 11.8 Å². The third-order valence-electron chi connectivity index (χ3n) is 14.0. The van der Waals surface area contributed by atoms with Crippen molar-refractivity contribution in [2.24, 2.45) is 18.4 Å². The molecule has 2 aromatic heterocycles. The lowest BCUT2D eigenvalue weighted by Crippen LogP contribution is -2.53. The topological polar surface area (TPSA) is 156 Å². The maximum absolute atomic E-state index is 13.8. The predicted octanol–water partition coefficient (Wildman–Crippen LogP) is 5.13. The molecule has 2 aromatic carbocycles. The van der Waals surface area contributed by atoms with Crippen LogP contribution in [0.1, 0.15) is 77.6 Å². The monoisotopic (exact) mass is 857 g/mol. The second-order valence-electron chi connectivity index (χ2n) is 18.2. The van der Waals surface area contributed by atoms with Crippen LogP contribution in [0.5, 0.6) is 17.2 Å². The summed E-state index contributed by atoms with van der Waals surface area (Å²) in [6.45, 7) is 7.42. The van der Waals surface area contributed by atoms with Crippen LogP contribution in [0.3, 0.4) is 0 Å². The fourth-order valence-corrected chi connectivity index (χ4v) is 10.3. The van der Waals surface area contributed by atoms with Gasteiger partial charge in [0.1, 0.15) is 29.1 Å². The van der Waals surface area contributed by atoms with E-state index in [-0.39, 0.29) is 45.9 Å². The molecule has 63 heavy (non-hydrogen) atoms. The first-order chi connectivity index (χ1) is 30.3. The van der Waals surface area contributed by atoms with Crippen LogP contribution in [0.4, 0.5) is 5.82 Å². The number of hydrogen-bond acceptors (Lipinski definition) is 11. The molecule has 1 aliphatic carbocycles. The second-order valence-corrected chi connectivity index (χ2v) is 18.2. The number of benzene rings is 2. The van der Waals surface area contributed by atoms with Gasteiger partial charge in [0, 0.05) is 75.7 Å². The zero-order valence-electron chi connectivity index (χ0n) is 36.7. The van der Waals surface area contributed by atoms with E-state index >= 15 is 0 Å². The third kappa shape index (κ3) is 7.70. The molecule has 330 valence electrons. The summed E-state index contributed by atoms with van der Waals surface area (Å²) in [6.07, 6.45) is 9.50. The van der Waals surface area contributed by atoms with E-state index in [1.54, 1.807) is 50.2 Å². The van der Waals surface area contributed by atoms with Crippen LogP contribution < -0.4 is 30.0 Å². The molecule has 1 N–H and O–H groups in total. The van der Waals surface area contributed by atoms with Crippen LogP contribution in [0.2, 0.25) is 0 Å². The van der Waals surface area contributed by atoms with Crippen LogP contribution in [0.15, 0.2) is 65.9 Å². The van der Waals surface area contributed by atoms with E-state index in [1.807, 2.05) is 43.4 Å². The van der Waals surface area contributed by atoms with E-state index < -0.39 is 17.9 Å². The minimum atomic E-state index is -0.854. The number of fused-ring (bicyclic) bond motifs is 2. The van der Waals surface area contributed by atoms with Crippen molar-refractivity contribution < 1.29 is 33.4 Å². The zero-order chi connectivity index (χ0) is 44.3. The largest absolute Gasteiger partial charge is 0.496 e. The quantitative estimate of drug-likeness (QED) is 0.211. The van der Waals surface area contributed by atoms with Gasteiger partial charge in [0.05, 0.1) is 42.4 Å². The molecule has 0 radical (unpaired) electrons. The van der Waals surface area contributed by atoms with Crippen molar-refractivity contribution in [2.45, 2.75) is 70.1 Å². The number of imide groups is 1. The summed E-state index contributed by atoms with van der Waals surface area (Å²) in [5.74, 6) is 1.59. The lowest BCUT2D eigenvalue weighted by Gasteiger charge is -2.52. The average molecular weight is 858 g/mol. The van der Waals surface area contributed by atoms with Crippen molar-refractivity contribution in [2.75, 3.05) is 59.4 Å². The SMILES string of the molecule is C=C1CCC(N2C(=O)c3ccc(OC4CC5(CCN(C(=O)C6CCN(Cc7c(OC)cc(-c8cn(C)c(=O)c9cnc(N(C)C)cc89)cc7OC)CC6)CC5)C4)cc3C2=O)C(=O)N1. The minimum Gasteiger partial charge on any atom is -0.496 e. The Morgan fingerprint density at radius 3 is 2.22 bits per heavy atom. The Hall–Kier alpha value is -6.22. The number of likely N-dealkylation sites (tertiary alicyclic amines) is 2. The van der Waals surface area contributed by atoms with Crippen LogP contribution in [0.25, 0.3) is 21.9 Å². The number of nitrogens with zero attached hydrogens (tertiary/aromatic N) is 6. The first-order valence-corrected chi connectivity index (χ1v) is 21.9. The van der Waals surface area contributed by atoms with Gasteiger partial charge >= 0.3 is 0 Å².